The quantitative estimate of drug-likeness (QED) is 0.339. The van der Waals surface area contributed by atoms with Gasteiger partial charge in [0, 0.05) is 16.0 Å². The molecule has 1 aliphatic rings. The van der Waals surface area contributed by atoms with E-state index in [2.05, 4.69) is 16.5 Å². The zero-order valence-electron chi connectivity index (χ0n) is 18.9. The molecule has 3 heterocycles. The molecule has 5 aromatic rings. The maximum Gasteiger partial charge on any atom is 0.261 e. The lowest BCUT2D eigenvalue weighted by Crippen LogP contribution is -2.12. The molecule has 0 spiro atoms. The monoisotopic (exact) mass is 475 g/mol. The molecule has 6 rings (SSSR count). The second kappa shape index (κ2) is 8.82. The average molecular weight is 476 g/mol. The summed E-state index contributed by atoms with van der Waals surface area (Å²) in [7, 11) is 0. The van der Waals surface area contributed by atoms with Crippen molar-refractivity contribution in [3.05, 3.63) is 94.5 Å². The largest absolute Gasteiger partial charge is 0.312 e. The number of fused-ring (bicyclic) bond motifs is 2. The van der Waals surface area contributed by atoms with E-state index in [1.54, 1.807) is 10.7 Å². The molecule has 7 heteroatoms. The van der Waals surface area contributed by atoms with Gasteiger partial charge in [0.05, 0.1) is 23.1 Å². The van der Waals surface area contributed by atoms with Gasteiger partial charge < -0.3 is 5.32 Å². The highest BCUT2D eigenvalue weighted by atomic mass is 32.1. The number of hydrogen-bond acceptors (Lipinski definition) is 5. The van der Waals surface area contributed by atoms with Crippen LogP contribution in [-0.2, 0) is 12.8 Å². The molecule has 170 valence electrons. The number of thiophene rings is 1. The van der Waals surface area contributed by atoms with E-state index in [-0.39, 0.29) is 5.91 Å². The molecule has 0 unspecified atom stereocenters. The average Bonchev–Trinajstić information content (AvgIpc) is 3.50. The van der Waals surface area contributed by atoms with Crippen LogP contribution >= 0.6 is 11.3 Å². The fourth-order valence-corrected chi connectivity index (χ4v) is 5.87. The minimum absolute atomic E-state index is 0.313. The predicted molar refractivity (Wildman–Crippen MR) is 137 cm³/mol. The third-order valence-corrected chi connectivity index (χ3v) is 7.57. The topological polar surface area (TPSA) is 83.1 Å². The third kappa shape index (κ3) is 3.78. The molecule has 1 N–H and O–H groups in total. The van der Waals surface area contributed by atoms with Crippen molar-refractivity contribution >= 4 is 27.9 Å². The van der Waals surface area contributed by atoms with Gasteiger partial charge in [-0.2, -0.15) is 10.4 Å². The molecular weight excluding hydrogens is 454 g/mol. The number of carbonyl (C=O) groups excluding carboxylic acids is 1. The highest BCUT2D eigenvalue weighted by Crippen LogP contribution is 2.38. The van der Waals surface area contributed by atoms with E-state index >= 15 is 0 Å². The van der Waals surface area contributed by atoms with Gasteiger partial charge in [-0.25, -0.2) is 9.50 Å². The summed E-state index contributed by atoms with van der Waals surface area (Å²) in [6.07, 6.45) is 5.61. The summed E-state index contributed by atoms with van der Waals surface area (Å²) in [5.41, 5.74) is 6.07. The lowest BCUT2D eigenvalue weighted by Gasteiger charge is -2.10. The van der Waals surface area contributed by atoms with E-state index in [0.717, 1.165) is 53.8 Å². The van der Waals surface area contributed by atoms with Crippen LogP contribution in [0.1, 0.15) is 39.2 Å². The van der Waals surface area contributed by atoms with Crippen LogP contribution in [0.4, 0.5) is 5.00 Å². The summed E-state index contributed by atoms with van der Waals surface area (Å²) < 4.78 is 1.71. The maximum atomic E-state index is 13.5. The summed E-state index contributed by atoms with van der Waals surface area (Å²) in [4.78, 5) is 19.5. The number of amides is 1. The smallest absolute Gasteiger partial charge is 0.261 e. The Hall–Kier alpha value is -4.28. The molecule has 0 radical (unpaired) electrons. The van der Waals surface area contributed by atoms with Crippen molar-refractivity contribution in [2.75, 3.05) is 5.32 Å². The van der Waals surface area contributed by atoms with E-state index in [9.17, 15) is 10.1 Å². The van der Waals surface area contributed by atoms with Crippen LogP contribution in [0, 0.1) is 11.3 Å². The van der Waals surface area contributed by atoms with Crippen LogP contribution in [0.5, 0.6) is 0 Å². The van der Waals surface area contributed by atoms with Gasteiger partial charge in [0.1, 0.15) is 16.6 Å². The normalized spacial score (nSPS) is 12.8. The number of carbonyl (C=O) groups is 1. The number of benzene rings is 2. The molecule has 6 nitrogen and oxygen atoms in total. The molecule has 1 amide bonds. The molecule has 2 aromatic carbocycles. The zero-order chi connectivity index (χ0) is 23.8. The number of rotatable bonds is 4. The van der Waals surface area contributed by atoms with Crippen LogP contribution in [0.25, 0.3) is 28.2 Å². The molecule has 0 aliphatic heterocycles. The van der Waals surface area contributed by atoms with Gasteiger partial charge in [-0.05, 0) is 37.3 Å². The number of nitriles is 1. The van der Waals surface area contributed by atoms with Crippen molar-refractivity contribution in [3.8, 4) is 28.6 Å². The molecular formula is C28H21N5OS. The molecule has 0 saturated heterocycles. The SMILES string of the molecule is N#Cc1c(NC(=O)c2cnn3c(-c4ccccc4)cc(-c4ccccc4)nc23)sc2c1CCCC2. The van der Waals surface area contributed by atoms with E-state index in [0.29, 0.717) is 21.8 Å². The Kier molecular flexibility index (Phi) is 5.36. The minimum atomic E-state index is -0.313. The first-order valence-electron chi connectivity index (χ1n) is 11.6. The third-order valence-electron chi connectivity index (χ3n) is 6.37. The van der Waals surface area contributed by atoms with Gasteiger partial charge in [-0.3, -0.25) is 4.79 Å². The van der Waals surface area contributed by atoms with Gasteiger partial charge in [-0.1, -0.05) is 60.7 Å². The Morgan fingerprint density at radius 2 is 1.71 bits per heavy atom. The Morgan fingerprint density at radius 1 is 1.00 bits per heavy atom. The van der Waals surface area contributed by atoms with E-state index in [1.807, 2.05) is 66.7 Å². The summed E-state index contributed by atoms with van der Waals surface area (Å²) in [5, 5.41) is 17.9. The molecule has 0 saturated carbocycles. The number of nitrogens with one attached hydrogen (secondary N) is 1. The Labute approximate surface area is 206 Å². The van der Waals surface area contributed by atoms with Crippen LogP contribution in [0.2, 0.25) is 0 Å². The van der Waals surface area contributed by atoms with Crippen molar-refractivity contribution in [1.29, 1.82) is 5.26 Å². The van der Waals surface area contributed by atoms with Crippen molar-refractivity contribution in [3.63, 3.8) is 0 Å². The van der Waals surface area contributed by atoms with Crippen molar-refractivity contribution < 1.29 is 4.79 Å². The Bertz CT molecular complexity index is 1600. The van der Waals surface area contributed by atoms with Crippen LogP contribution in [0.15, 0.2) is 72.9 Å². The van der Waals surface area contributed by atoms with Gasteiger partial charge in [0.15, 0.2) is 5.65 Å². The summed E-state index contributed by atoms with van der Waals surface area (Å²) in [6, 6.07) is 24.1. The first-order valence-corrected chi connectivity index (χ1v) is 12.4. The Balaban J connectivity index is 1.47. The number of aromatic nitrogens is 3. The highest BCUT2D eigenvalue weighted by Gasteiger charge is 2.24. The second-order valence-electron chi connectivity index (χ2n) is 8.53. The lowest BCUT2D eigenvalue weighted by atomic mass is 9.96. The number of aryl methyl sites for hydroxylation is 1. The minimum Gasteiger partial charge on any atom is -0.312 e. The number of nitrogens with zero attached hydrogens (tertiary/aromatic N) is 4. The van der Waals surface area contributed by atoms with Gasteiger partial charge in [-0.15, -0.1) is 11.3 Å². The van der Waals surface area contributed by atoms with E-state index < -0.39 is 0 Å². The molecule has 0 bridgehead atoms. The summed E-state index contributed by atoms with van der Waals surface area (Å²) in [6.45, 7) is 0. The Morgan fingerprint density at radius 3 is 2.46 bits per heavy atom. The van der Waals surface area contributed by atoms with E-state index in [1.165, 1.54) is 16.2 Å². The van der Waals surface area contributed by atoms with E-state index in [4.69, 9.17) is 4.98 Å². The molecule has 35 heavy (non-hydrogen) atoms. The first-order chi connectivity index (χ1) is 17.2. The zero-order valence-corrected chi connectivity index (χ0v) is 19.7. The lowest BCUT2D eigenvalue weighted by molar-refractivity contribution is 0.102. The summed E-state index contributed by atoms with van der Waals surface area (Å²) >= 11 is 1.52. The molecule has 0 fully saturated rings. The van der Waals surface area contributed by atoms with Crippen molar-refractivity contribution in [2.24, 2.45) is 0 Å². The molecule has 3 aromatic heterocycles. The number of anilines is 1. The predicted octanol–water partition coefficient (Wildman–Crippen LogP) is 6.13. The fraction of sp³-hybridized carbons (Fsp3) is 0.143. The maximum absolute atomic E-state index is 13.5. The van der Waals surface area contributed by atoms with Crippen molar-refractivity contribution in [2.45, 2.75) is 25.7 Å². The number of hydrogen-bond donors (Lipinski definition) is 1. The van der Waals surface area contributed by atoms with Gasteiger partial charge in [0.2, 0.25) is 0 Å². The van der Waals surface area contributed by atoms with Crippen LogP contribution < -0.4 is 5.32 Å². The molecule has 1 aliphatic carbocycles. The first kappa shape index (κ1) is 21.3. The van der Waals surface area contributed by atoms with Crippen LogP contribution in [-0.4, -0.2) is 20.5 Å². The second-order valence-corrected chi connectivity index (χ2v) is 9.64. The van der Waals surface area contributed by atoms with Crippen molar-refractivity contribution in [1.82, 2.24) is 14.6 Å². The highest BCUT2D eigenvalue weighted by molar-refractivity contribution is 7.16. The summed E-state index contributed by atoms with van der Waals surface area (Å²) in [5.74, 6) is -0.313. The van der Waals surface area contributed by atoms with Gasteiger partial charge >= 0.3 is 0 Å². The fourth-order valence-electron chi connectivity index (χ4n) is 4.64. The van der Waals surface area contributed by atoms with Crippen LogP contribution in [0.3, 0.4) is 0 Å². The van der Waals surface area contributed by atoms with Gasteiger partial charge in [0.25, 0.3) is 5.91 Å². The standard InChI is InChI=1S/C28H21N5OS/c29-16-21-20-13-7-8-14-25(20)35-28(21)32-27(34)22-17-30-33-24(19-11-5-2-6-12-19)15-23(31-26(22)33)18-9-3-1-4-10-18/h1-6,9-12,15,17H,7-8,13-14H2,(H,32,34). The molecule has 0 atom stereocenters.